The van der Waals surface area contributed by atoms with E-state index in [1.807, 2.05) is 6.07 Å². The normalized spacial score (nSPS) is 24.8. The van der Waals surface area contributed by atoms with Crippen LogP contribution in [0.15, 0.2) is 18.3 Å². The molecule has 1 N–H and O–H groups in total. The van der Waals surface area contributed by atoms with Gasteiger partial charge in [-0.25, -0.2) is 9.37 Å². The molecule has 1 fully saturated rings. The molecule has 1 saturated carbocycles. The molecule has 0 radical (unpaired) electrons. The molecule has 1 aliphatic carbocycles. The summed E-state index contributed by atoms with van der Waals surface area (Å²) in [4.78, 5) is 4.08. The monoisotopic (exact) mass is 205 g/mol. The van der Waals surface area contributed by atoms with Crippen molar-refractivity contribution in [3.8, 4) is 6.07 Å². The Kier molecular flexibility index (Phi) is 2.82. The van der Waals surface area contributed by atoms with Crippen LogP contribution in [-0.2, 0) is 0 Å². The van der Waals surface area contributed by atoms with Crippen LogP contribution < -0.4 is 5.32 Å². The SMILES string of the molecule is N#Cc1ccc(N[C@H]2CC[C@@H](F)C2)nc1. The van der Waals surface area contributed by atoms with Crippen molar-refractivity contribution in [3.63, 3.8) is 0 Å². The fourth-order valence-corrected chi connectivity index (χ4v) is 1.81. The van der Waals surface area contributed by atoms with Gasteiger partial charge in [-0.2, -0.15) is 5.26 Å². The summed E-state index contributed by atoms with van der Waals surface area (Å²) in [6, 6.07) is 5.65. The third-order valence-corrected chi connectivity index (χ3v) is 2.61. The number of hydrogen-bond acceptors (Lipinski definition) is 3. The average molecular weight is 205 g/mol. The summed E-state index contributed by atoms with van der Waals surface area (Å²) < 4.78 is 12.9. The van der Waals surface area contributed by atoms with E-state index in [0.29, 0.717) is 24.2 Å². The number of rotatable bonds is 2. The van der Waals surface area contributed by atoms with Gasteiger partial charge in [0.05, 0.1) is 5.56 Å². The zero-order valence-corrected chi connectivity index (χ0v) is 8.28. The predicted molar refractivity (Wildman–Crippen MR) is 55.1 cm³/mol. The summed E-state index contributed by atoms with van der Waals surface area (Å²) in [5, 5.41) is 11.7. The number of nitrogens with one attached hydrogen (secondary N) is 1. The maximum Gasteiger partial charge on any atom is 0.126 e. The topological polar surface area (TPSA) is 48.7 Å². The first-order chi connectivity index (χ1) is 7.28. The van der Waals surface area contributed by atoms with Crippen molar-refractivity contribution in [1.29, 1.82) is 5.26 Å². The third kappa shape index (κ3) is 2.44. The molecule has 0 aliphatic heterocycles. The molecule has 2 atom stereocenters. The Morgan fingerprint density at radius 2 is 2.33 bits per heavy atom. The van der Waals surface area contributed by atoms with Gasteiger partial charge in [0.2, 0.25) is 0 Å². The van der Waals surface area contributed by atoms with Crippen LogP contribution in [0.3, 0.4) is 0 Å². The van der Waals surface area contributed by atoms with Crippen LogP contribution in [0.25, 0.3) is 0 Å². The summed E-state index contributed by atoms with van der Waals surface area (Å²) in [6.45, 7) is 0. The molecule has 1 aromatic rings. The molecule has 1 heterocycles. The lowest BCUT2D eigenvalue weighted by molar-refractivity contribution is 0.341. The third-order valence-electron chi connectivity index (χ3n) is 2.61. The Hall–Kier alpha value is -1.63. The molecule has 0 bridgehead atoms. The summed E-state index contributed by atoms with van der Waals surface area (Å²) in [6.07, 6.45) is 2.88. The van der Waals surface area contributed by atoms with Gasteiger partial charge in [-0.15, -0.1) is 0 Å². The van der Waals surface area contributed by atoms with E-state index >= 15 is 0 Å². The lowest BCUT2D eigenvalue weighted by atomic mass is 10.2. The van der Waals surface area contributed by atoms with Crippen molar-refractivity contribution in [3.05, 3.63) is 23.9 Å². The zero-order valence-electron chi connectivity index (χ0n) is 8.28. The molecule has 15 heavy (non-hydrogen) atoms. The maximum absolute atomic E-state index is 12.9. The van der Waals surface area contributed by atoms with Crippen LogP contribution in [0.4, 0.5) is 10.2 Å². The van der Waals surface area contributed by atoms with Crippen molar-refractivity contribution in [2.24, 2.45) is 0 Å². The van der Waals surface area contributed by atoms with Gasteiger partial charge in [0.15, 0.2) is 0 Å². The Bertz CT molecular complexity index is 368. The highest BCUT2D eigenvalue weighted by Crippen LogP contribution is 2.24. The molecule has 0 aromatic carbocycles. The van der Waals surface area contributed by atoms with Gasteiger partial charge in [-0.05, 0) is 31.4 Å². The summed E-state index contributed by atoms with van der Waals surface area (Å²) in [5.41, 5.74) is 0.537. The molecule has 0 amide bonds. The zero-order chi connectivity index (χ0) is 10.7. The number of pyridine rings is 1. The molecule has 4 heteroatoms. The van der Waals surface area contributed by atoms with Gasteiger partial charge in [0, 0.05) is 12.2 Å². The molecule has 2 rings (SSSR count). The molecule has 0 spiro atoms. The van der Waals surface area contributed by atoms with Gasteiger partial charge < -0.3 is 5.32 Å². The van der Waals surface area contributed by atoms with Crippen molar-refractivity contribution >= 4 is 5.82 Å². The number of alkyl halides is 1. The maximum atomic E-state index is 12.9. The van der Waals surface area contributed by atoms with E-state index in [4.69, 9.17) is 5.26 Å². The first-order valence-corrected chi connectivity index (χ1v) is 5.04. The van der Waals surface area contributed by atoms with Crippen LogP contribution in [0.2, 0.25) is 0 Å². The molecular formula is C11H12FN3. The second-order valence-electron chi connectivity index (χ2n) is 3.80. The van der Waals surface area contributed by atoms with Gasteiger partial charge in [-0.3, -0.25) is 0 Å². The minimum absolute atomic E-state index is 0.181. The Morgan fingerprint density at radius 1 is 1.47 bits per heavy atom. The standard InChI is InChI=1S/C11H12FN3/c12-9-2-3-10(5-9)15-11-4-1-8(6-13)7-14-11/h1,4,7,9-10H,2-3,5H2,(H,14,15)/t9-,10+/m1/s1. The lowest BCUT2D eigenvalue weighted by Crippen LogP contribution is -2.16. The highest BCUT2D eigenvalue weighted by Gasteiger charge is 2.23. The Labute approximate surface area is 87.9 Å². The summed E-state index contributed by atoms with van der Waals surface area (Å²) in [5.74, 6) is 0.716. The van der Waals surface area contributed by atoms with E-state index in [2.05, 4.69) is 10.3 Å². The predicted octanol–water partition coefficient (Wildman–Crippen LogP) is 2.26. The molecule has 3 nitrogen and oxygen atoms in total. The highest BCUT2D eigenvalue weighted by molar-refractivity contribution is 5.39. The van der Waals surface area contributed by atoms with Crippen molar-refractivity contribution in [2.75, 3.05) is 5.32 Å². The van der Waals surface area contributed by atoms with Crippen molar-refractivity contribution in [1.82, 2.24) is 4.98 Å². The molecule has 0 unspecified atom stereocenters. The first kappa shape index (κ1) is 9.91. The largest absolute Gasteiger partial charge is 0.367 e. The molecule has 78 valence electrons. The quantitative estimate of drug-likeness (QED) is 0.805. The van der Waals surface area contributed by atoms with Crippen LogP contribution in [0.1, 0.15) is 24.8 Å². The van der Waals surface area contributed by atoms with Gasteiger partial charge >= 0.3 is 0 Å². The number of halogens is 1. The fraction of sp³-hybridized carbons (Fsp3) is 0.455. The van der Waals surface area contributed by atoms with Gasteiger partial charge in [0.25, 0.3) is 0 Å². The van der Waals surface area contributed by atoms with E-state index in [1.165, 1.54) is 6.20 Å². The highest BCUT2D eigenvalue weighted by atomic mass is 19.1. The van der Waals surface area contributed by atoms with E-state index < -0.39 is 6.17 Å². The number of aromatic nitrogens is 1. The number of anilines is 1. The number of hydrogen-bond donors (Lipinski definition) is 1. The second-order valence-corrected chi connectivity index (χ2v) is 3.80. The minimum atomic E-state index is -0.680. The molecule has 1 aliphatic rings. The van der Waals surface area contributed by atoms with E-state index in [9.17, 15) is 4.39 Å². The summed E-state index contributed by atoms with van der Waals surface area (Å²) >= 11 is 0. The lowest BCUT2D eigenvalue weighted by Gasteiger charge is -2.11. The number of nitriles is 1. The fourth-order valence-electron chi connectivity index (χ4n) is 1.81. The smallest absolute Gasteiger partial charge is 0.126 e. The van der Waals surface area contributed by atoms with E-state index in [0.717, 1.165) is 6.42 Å². The molecular weight excluding hydrogens is 193 g/mol. The van der Waals surface area contributed by atoms with Crippen LogP contribution in [0, 0.1) is 11.3 Å². The molecule has 0 saturated heterocycles. The first-order valence-electron chi connectivity index (χ1n) is 5.04. The van der Waals surface area contributed by atoms with Crippen molar-refractivity contribution < 1.29 is 4.39 Å². The van der Waals surface area contributed by atoms with Gasteiger partial charge in [-0.1, -0.05) is 0 Å². The second kappa shape index (κ2) is 4.26. The summed E-state index contributed by atoms with van der Waals surface area (Å²) in [7, 11) is 0. The Balaban J connectivity index is 1.96. The van der Waals surface area contributed by atoms with Crippen LogP contribution in [-0.4, -0.2) is 17.2 Å². The van der Waals surface area contributed by atoms with E-state index in [1.54, 1.807) is 12.1 Å². The average Bonchev–Trinajstić information content (AvgIpc) is 2.65. The van der Waals surface area contributed by atoms with Gasteiger partial charge in [0.1, 0.15) is 18.1 Å². The van der Waals surface area contributed by atoms with Crippen molar-refractivity contribution in [2.45, 2.75) is 31.5 Å². The van der Waals surface area contributed by atoms with Crippen LogP contribution >= 0.6 is 0 Å². The Morgan fingerprint density at radius 3 is 2.87 bits per heavy atom. The minimum Gasteiger partial charge on any atom is -0.367 e. The molecule has 1 aromatic heterocycles. The number of nitrogens with zero attached hydrogens (tertiary/aromatic N) is 2. The van der Waals surface area contributed by atoms with E-state index in [-0.39, 0.29) is 6.04 Å². The van der Waals surface area contributed by atoms with Crippen LogP contribution in [0.5, 0.6) is 0 Å².